The summed E-state index contributed by atoms with van der Waals surface area (Å²) in [5, 5.41) is 8.92. The highest BCUT2D eigenvalue weighted by atomic mass is 32.2. The van der Waals surface area contributed by atoms with Crippen LogP contribution in [-0.2, 0) is 4.79 Å². The summed E-state index contributed by atoms with van der Waals surface area (Å²) < 4.78 is 0. The molecule has 0 saturated heterocycles. The van der Waals surface area contributed by atoms with E-state index in [1.807, 2.05) is 6.07 Å². The van der Waals surface area contributed by atoms with Gasteiger partial charge in [0.15, 0.2) is 0 Å². The predicted octanol–water partition coefficient (Wildman–Crippen LogP) is 1.66. The third-order valence-electron chi connectivity index (χ3n) is 2.06. The van der Waals surface area contributed by atoms with Gasteiger partial charge in [-0.3, -0.25) is 4.79 Å². The number of carboxylic acids is 1. The van der Waals surface area contributed by atoms with Gasteiger partial charge >= 0.3 is 5.97 Å². The molecule has 0 unspecified atom stereocenters. The summed E-state index contributed by atoms with van der Waals surface area (Å²) in [6.07, 6.45) is 0.293. The minimum Gasteiger partial charge on any atom is -0.478 e. The molecular weight excluding hydrogens is 226 g/mol. The molecule has 1 aromatic carbocycles. The molecule has 0 saturated carbocycles. The third kappa shape index (κ3) is 3.58. The Bertz CT molecular complexity index is 418. The number of thioether (sulfide) groups is 1. The number of primary amides is 1. The fourth-order valence-corrected chi connectivity index (χ4v) is 2.10. The number of benzene rings is 1. The molecule has 0 aliphatic heterocycles. The van der Waals surface area contributed by atoms with Crippen LogP contribution < -0.4 is 5.73 Å². The Balaban J connectivity index is 2.71. The fraction of sp³-hybridized carbons (Fsp3) is 0.273. The molecular formula is C11H13NO3S. The molecule has 0 aliphatic rings. The largest absolute Gasteiger partial charge is 0.478 e. The molecule has 0 heterocycles. The zero-order chi connectivity index (χ0) is 12.1. The van der Waals surface area contributed by atoms with Crippen molar-refractivity contribution in [2.75, 3.05) is 5.75 Å². The minimum atomic E-state index is -0.935. The van der Waals surface area contributed by atoms with E-state index < -0.39 is 5.97 Å². The summed E-state index contributed by atoms with van der Waals surface area (Å²) in [4.78, 5) is 22.2. The van der Waals surface area contributed by atoms with Crippen molar-refractivity contribution < 1.29 is 14.7 Å². The fourth-order valence-electron chi connectivity index (χ4n) is 1.19. The van der Waals surface area contributed by atoms with Crippen LogP contribution >= 0.6 is 11.8 Å². The zero-order valence-electron chi connectivity index (χ0n) is 8.90. The molecule has 5 heteroatoms. The number of aryl methyl sites for hydroxylation is 1. The molecule has 0 aromatic heterocycles. The molecule has 0 aliphatic carbocycles. The number of hydrogen-bond donors (Lipinski definition) is 2. The second-order valence-electron chi connectivity index (χ2n) is 3.35. The van der Waals surface area contributed by atoms with E-state index >= 15 is 0 Å². The highest BCUT2D eigenvalue weighted by molar-refractivity contribution is 7.99. The van der Waals surface area contributed by atoms with Gasteiger partial charge in [0.2, 0.25) is 5.91 Å². The second-order valence-corrected chi connectivity index (χ2v) is 4.51. The molecule has 3 N–H and O–H groups in total. The van der Waals surface area contributed by atoms with Gasteiger partial charge < -0.3 is 10.8 Å². The van der Waals surface area contributed by atoms with Crippen molar-refractivity contribution in [2.45, 2.75) is 18.2 Å². The van der Waals surface area contributed by atoms with Crippen molar-refractivity contribution in [3.8, 4) is 0 Å². The maximum Gasteiger partial charge on any atom is 0.335 e. The van der Waals surface area contributed by atoms with Gasteiger partial charge in [0.25, 0.3) is 0 Å². The van der Waals surface area contributed by atoms with Crippen LogP contribution in [0, 0.1) is 6.92 Å². The normalized spacial score (nSPS) is 10.1. The molecule has 0 spiro atoms. The third-order valence-corrected chi connectivity index (χ3v) is 3.05. The number of nitrogens with two attached hydrogens (primary N) is 1. The Hall–Kier alpha value is -1.49. The van der Waals surface area contributed by atoms with Crippen molar-refractivity contribution in [1.29, 1.82) is 0 Å². The molecule has 1 amide bonds. The van der Waals surface area contributed by atoms with Crippen molar-refractivity contribution in [3.05, 3.63) is 29.3 Å². The summed E-state index contributed by atoms with van der Waals surface area (Å²) in [6.45, 7) is 1.75. The van der Waals surface area contributed by atoms with E-state index in [9.17, 15) is 9.59 Å². The topological polar surface area (TPSA) is 80.4 Å². The predicted molar refractivity (Wildman–Crippen MR) is 62.7 cm³/mol. The highest BCUT2D eigenvalue weighted by Gasteiger charge is 2.08. The smallest absolute Gasteiger partial charge is 0.335 e. The van der Waals surface area contributed by atoms with Gasteiger partial charge in [-0.1, -0.05) is 6.07 Å². The lowest BCUT2D eigenvalue weighted by molar-refractivity contribution is -0.117. The molecule has 1 aromatic rings. The van der Waals surface area contributed by atoms with E-state index in [1.165, 1.54) is 11.8 Å². The molecule has 1 rings (SSSR count). The van der Waals surface area contributed by atoms with Crippen LogP contribution in [0.5, 0.6) is 0 Å². The summed E-state index contributed by atoms with van der Waals surface area (Å²) in [5.41, 5.74) is 6.04. The Kier molecular flexibility index (Phi) is 4.37. The van der Waals surface area contributed by atoms with Crippen molar-refractivity contribution in [1.82, 2.24) is 0 Å². The summed E-state index contributed by atoms with van der Waals surface area (Å²) in [6, 6.07) is 5.22. The average Bonchev–Trinajstić information content (AvgIpc) is 2.19. The number of rotatable bonds is 5. The molecule has 4 nitrogen and oxygen atoms in total. The maximum absolute atomic E-state index is 10.9. The van der Waals surface area contributed by atoms with E-state index in [0.29, 0.717) is 17.7 Å². The first-order valence-corrected chi connectivity index (χ1v) is 5.74. The number of carbonyl (C=O) groups excluding carboxylic acids is 1. The van der Waals surface area contributed by atoms with Gasteiger partial charge in [-0.25, -0.2) is 4.79 Å². The van der Waals surface area contributed by atoms with Crippen LogP contribution in [0.2, 0.25) is 0 Å². The summed E-state index contributed by atoms with van der Waals surface area (Å²) in [7, 11) is 0. The molecule has 0 fully saturated rings. The van der Waals surface area contributed by atoms with Crippen LogP contribution in [-0.4, -0.2) is 22.7 Å². The average molecular weight is 239 g/mol. The minimum absolute atomic E-state index is 0.293. The van der Waals surface area contributed by atoms with E-state index in [4.69, 9.17) is 10.8 Å². The molecule has 0 atom stereocenters. The number of carbonyl (C=O) groups is 2. The number of carboxylic acid groups (broad SMARTS) is 1. The lowest BCUT2D eigenvalue weighted by Gasteiger charge is -2.04. The van der Waals surface area contributed by atoms with Crippen LogP contribution in [0.4, 0.5) is 0 Å². The second kappa shape index (κ2) is 5.55. The first-order chi connectivity index (χ1) is 7.50. The molecule has 0 bridgehead atoms. The van der Waals surface area contributed by atoms with Crippen LogP contribution in [0.3, 0.4) is 0 Å². The van der Waals surface area contributed by atoms with Gasteiger partial charge in [-0.2, -0.15) is 0 Å². The van der Waals surface area contributed by atoms with Crippen LogP contribution in [0.15, 0.2) is 23.1 Å². The van der Waals surface area contributed by atoms with Gasteiger partial charge in [0.05, 0.1) is 5.56 Å². The van der Waals surface area contributed by atoms with Crippen LogP contribution in [0.1, 0.15) is 22.3 Å². The van der Waals surface area contributed by atoms with E-state index in [1.54, 1.807) is 19.1 Å². The summed E-state index contributed by atoms with van der Waals surface area (Å²) in [5.74, 6) is -0.717. The zero-order valence-corrected chi connectivity index (χ0v) is 9.71. The van der Waals surface area contributed by atoms with Crippen molar-refractivity contribution in [3.63, 3.8) is 0 Å². The standard InChI is InChI=1S/C11H13NO3S/c1-7-2-3-8(6-9(7)11(14)15)16-5-4-10(12)13/h2-3,6H,4-5H2,1H3,(H2,12,13)(H,14,15). The first kappa shape index (κ1) is 12.6. The Morgan fingerprint density at radius 3 is 2.69 bits per heavy atom. The number of amides is 1. The lowest BCUT2D eigenvalue weighted by Crippen LogP contribution is -2.10. The molecule has 16 heavy (non-hydrogen) atoms. The first-order valence-electron chi connectivity index (χ1n) is 4.75. The van der Waals surface area contributed by atoms with Crippen LogP contribution in [0.25, 0.3) is 0 Å². The maximum atomic E-state index is 10.9. The number of hydrogen-bond acceptors (Lipinski definition) is 3. The van der Waals surface area contributed by atoms with E-state index in [2.05, 4.69) is 0 Å². The van der Waals surface area contributed by atoms with Gasteiger partial charge in [0.1, 0.15) is 0 Å². The Morgan fingerprint density at radius 2 is 2.12 bits per heavy atom. The van der Waals surface area contributed by atoms with Gasteiger partial charge in [-0.15, -0.1) is 11.8 Å². The summed E-state index contributed by atoms with van der Waals surface area (Å²) >= 11 is 1.42. The Labute approximate surface area is 97.8 Å². The molecule has 86 valence electrons. The monoisotopic (exact) mass is 239 g/mol. The quantitative estimate of drug-likeness (QED) is 0.766. The lowest BCUT2D eigenvalue weighted by atomic mass is 10.1. The number of aromatic carboxylic acids is 1. The van der Waals surface area contributed by atoms with Gasteiger partial charge in [0, 0.05) is 17.1 Å². The molecule has 0 radical (unpaired) electrons. The van der Waals surface area contributed by atoms with Crippen molar-refractivity contribution >= 4 is 23.6 Å². The van der Waals surface area contributed by atoms with E-state index in [0.717, 1.165) is 10.5 Å². The van der Waals surface area contributed by atoms with Crippen molar-refractivity contribution in [2.24, 2.45) is 5.73 Å². The SMILES string of the molecule is Cc1ccc(SCCC(N)=O)cc1C(=O)O. The van der Waals surface area contributed by atoms with Gasteiger partial charge in [-0.05, 0) is 24.6 Å². The van der Waals surface area contributed by atoms with E-state index in [-0.39, 0.29) is 5.91 Å². The highest BCUT2D eigenvalue weighted by Crippen LogP contribution is 2.22. The Morgan fingerprint density at radius 1 is 1.44 bits per heavy atom.